The van der Waals surface area contributed by atoms with Gasteiger partial charge in [-0.1, -0.05) is 19.9 Å². The summed E-state index contributed by atoms with van der Waals surface area (Å²) in [5.74, 6) is -0.253. The van der Waals surface area contributed by atoms with E-state index in [1.807, 2.05) is 13.8 Å². The number of carbonyl (C=O) groups excluding carboxylic acids is 2. The first-order valence-corrected chi connectivity index (χ1v) is 5.87. The van der Waals surface area contributed by atoms with Crippen LogP contribution in [0.1, 0.15) is 20.8 Å². The highest BCUT2D eigenvalue weighted by Gasteiger charge is 2.06. The SMILES string of the molecule is C/C=C\C(=O)Nc1ccc(NC(=O)C(C)C)cc1. The number of anilines is 2. The van der Waals surface area contributed by atoms with Crippen LogP contribution < -0.4 is 10.6 Å². The van der Waals surface area contributed by atoms with E-state index >= 15 is 0 Å². The van der Waals surface area contributed by atoms with Gasteiger partial charge in [-0.25, -0.2) is 0 Å². The van der Waals surface area contributed by atoms with Gasteiger partial charge in [0.1, 0.15) is 0 Å². The van der Waals surface area contributed by atoms with Gasteiger partial charge < -0.3 is 10.6 Å². The largest absolute Gasteiger partial charge is 0.326 e. The Labute approximate surface area is 107 Å². The second kappa shape index (κ2) is 6.59. The van der Waals surface area contributed by atoms with E-state index in [4.69, 9.17) is 0 Å². The second-order valence-corrected chi connectivity index (χ2v) is 4.21. The van der Waals surface area contributed by atoms with E-state index in [2.05, 4.69) is 10.6 Å². The molecule has 0 saturated heterocycles. The molecule has 0 radical (unpaired) electrons. The number of nitrogens with one attached hydrogen (secondary N) is 2. The highest BCUT2D eigenvalue weighted by Crippen LogP contribution is 2.14. The van der Waals surface area contributed by atoms with Crippen molar-refractivity contribution in [2.45, 2.75) is 20.8 Å². The van der Waals surface area contributed by atoms with Gasteiger partial charge in [0.05, 0.1) is 0 Å². The number of benzene rings is 1. The van der Waals surface area contributed by atoms with Gasteiger partial charge in [0, 0.05) is 17.3 Å². The second-order valence-electron chi connectivity index (χ2n) is 4.21. The molecular formula is C14H18N2O2. The molecule has 0 spiro atoms. The Hall–Kier alpha value is -2.10. The van der Waals surface area contributed by atoms with Crippen molar-refractivity contribution in [1.29, 1.82) is 0 Å². The lowest BCUT2D eigenvalue weighted by atomic mass is 10.2. The van der Waals surface area contributed by atoms with Gasteiger partial charge in [0.2, 0.25) is 11.8 Å². The van der Waals surface area contributed by atoms with E-state index in [-0.39, 0.29) is 17.7 Å². The van der Waals surface area contributed by atoms with Crippen molar-refractivity contribution >= 4 is 23.2 Å². The van der Waals surface area contributed by atoms with Crippen molar-refractivity contribution < 1.29 is 9.59 Å². The molecule has 2 N–H and O–H groups in total. The summed E-state index contributed by atoms with van der Waals surface area (Å²) in [6, 6.07) is 7.01. The van der Waals surface area contributed by atoms with Gasteiger partial charge in [0.15, 0.2) is 0 Å². The van der Waals surface area contributed by atoms with Crippen molar-refractivity contribution in [1.82, 2.24) is 0 Å². The Morgan fingerprint density at radius 1 is 1.06 bits per heavy atom. The lowest BCUT2D eigenvalue weighted by Crippen LogP contribution is -2.17. The summed E-state index contributed by atoms with van der Waals surface area (Å²) in [4.78, 5) is 22.8. The molecular weight excluding hydrogens is 228 g/mol. The van der Waals surface area contributed by atoms with E-state index in [9.17, 15) is 9.59 Å². The van der Waals surface area contributed by atoms with Crippen LogP contribution in [0.2, 0.25) is 0 Å². The summed E-state index contributed by atoms with van der Waals surface area (Å²) in [5.41, 5.74) is 1.42. The van der Waals surface area contributed by atoms with Gasteiger partial charge in [-0.2, -0.15) is 0 Å². The summed E-state index contributed by atoms with van der Waals surface area (Å²) >= 11 is 0. The number of hydrogen-bond acceptors (Lipinski definition) is 2. The predicted molar refractivity (Wildman–Crippen MR) is 73.4 cm³/mol. The fourth-order valence-electron chi connectivity index (χ4n) is 1.26. The Balaban J connectivity index is 2.63. The summed E-state index contributed by atoms with van der Waals surface area (Å²) in [5, 5.41) is 5.49. The molecule has 0 aliphatic carbocycles. The molecule has 0 atom stereocenters. The highest BCUT2D eigenvalue weighted by molar-refractivity contribution is 5.99. The minimum absolute atomic E-state index is 0.0271. The molecule has 0 saturated carbocycles. The van der Waals surface area contributed by atoms with Gasteiger partial charge in [-0.15, -0.1) is 0 Å². The van der Waals surface area contributed by atoms with Crippen LogP contribution in [-0.2, 0) is 9.59 Å². The number of allylic oxidation sites excluding steroid dienone is 1. The molecule has 2 amide bonds. The zero-order chi connectivity index (χ0) is 13.5. The van der Waals surface area contributed by atoms with Crippen LogP contribution >= 0.6 is 0 Å². The van der Waals surface area contributed by atoms with Gasteiger partial charge in [-0.05, 0) is 37.3 Å². The number of carbonyl (C=O) groups is 2. The Morgan fingerprint density at radius 3 is 2.00 bits per heavy atom. The minimum Gasteiger partial charge on any atom is -0.326 e. The maximum atomic E-state index is 11.5. The van der Waals surface area contributed by atoms with E-state index in [0.29, 0.717) is 5.69 Å². The zero-order valence-corrected chi connectivity index (χ0v) is 10.9. The van der Waals surface area contributed by atoms with Gasteiger partial charge in [-0.3, -0.25) is 9.59 Å². The predicted octanol–water partition coefficient (Wildman–Crippen LogP) is 2.80. The maximum absolute atomic E-state index is 11.5. The summed E-state index contributed by atoms with van der Waals surface area (Å²) < 4.78 is 0. The van der Waals surface area contributed by atoms with Crippen molar-refractivity contribution in [2.75, 3.05) is 10.6 Å². The van der Waals surface area contributed by atoms with Crippen molar-refractivity contribution in [3.05, 3.63) is 36.4 Å². The first-order chi connectivity index (χ1) is 8.52. The van der Waals surface area contributed by atoms with E-state index in [0.717, 1.165) is 5.69 Å². The third-order valence-corrected chi connectivity index (χ3v) is 2.26. The molecule has 18 heavy (non-hydrogen) atoms. The molecule has 0 aliphatic rings. The molecule has 0 aliphatic heterocycles. The van der Waals surface area contributed by atoms with E-state index < -0.39 is 0 Å². The normalized spacial score (nSPS) is 10.7. The van der Waals surface area contributed by atoms with Gasteiger partial charge in [0.25, 0.3) is 0 Å². The van der Waals surface area contributed by atoms with E-state index in [1.165, 1.54) is 6.08 Å². The molecule has 1 aromatic carbocycles. The average molecular weight is 246 g/mol. The first-order valence-electron chi connectivity index (χ1n) is 5.87. The Morgan fingerprint density at radius 2 is 1.56 bits per heavy atom. The summed E-state index contributed by atoms with van der Waals surface area (Å²) in [6.07, 6.45) is 3.13. The molecule has 0 aromatic heterocycles. The standard InChI is InChI=1S/C14H18N2O2/c1-4-5-13(17)15-11-6-8-12(9-7-11)16-14(18)10(2)3/h4-10H,1-3H3,(H,15,17)(H,16,18)/b5-4-. The highest BCUT2D eigenvalue weighted by atomic mass is 16.2. The Bertz CT molecular complexity index is 447. The van der Waals surface area contributed by atoms with Crippen molar-refractivity contribution in [3.63, 3.8) is 0 Å². The molecule has 0 heterocycles. The van der Waals surface area contributed by atoms with Crippen LogP contribution in [-0.4, -0.2) is 11.8 Å². The quantitative estimate of drug-likeness (QED) is 0.802. The zero-order valence-electron chi connectivity index (χ0n) is 10.9. The van der Waals surface area contributed by atoms with Crippen LogP contribution in [0.25, 0.3) is 0 Å². The molecule has 4 nitrogen and oxygen atoms in total. The molecule has 0 fully saturated rings. The fraction of sp³-hybridized carbons (Fsp3) is 0.286. The average Bonchev–Trinajstić information content (AvgIpc) is 2.31. The Kier molecular flexibility index (Phi) is 5.11. The lowest BCUT2D eigenvalue weighted by molar-refractivity contribution is -0.119. The number of rotatable bonds is 4. The first kappa shape index (κ1) is 14.0. The number of hydrogen-bond donors (Lipinski definition) is 2. The van der Waals surface area contributed by atoms with Crippen LogP contribution in [0, 0.1) is 5.92 Å². The lowest BCUT2D eigenvalue weighted by Gasteiger charge is -2.08. The molecule has 4 heteroatoms. The smallest absolute Gasteiger partial charge is 0.248 e. The van der Waals surface area contributed by atoms with Crippen LogP contribution in [0.5, 0.6) is 0 Å². The van der Waals surface area contributed by atoms with Crippen molar-refractivity contribution in [2.24, 2.45) is 5.92 Å². The molecule has 96 valence electrons. The van der Waals surface area contributed by atoms with Crippen LogP contribution in [0.3, 0.4) is 0 Å². The summed E-state index contributed by atoms with van der Waals surface area (Å²) in [7, 11) is 0. The third kappa shape index (κ3) is 4.41. The number of amides is 2. The van der Waals surface area contributed by atoms with Crippen molar-refractivity contribution in [3.8, 4) is 0 Å². The fourth-order valence-corrected chi connectivity index (χ4v) is 1.26. The molecule has 0 bridgehead atoms. The van der Waals surface area contributed by atoms with Crippen LogP contribution in [0.15, 0.2) is 36.4 Å². The molecule has 0 unspecified atom stereocenters. The molecule has 1 rings (SSSR count). The molecule has 1 aromatic rings. The monoisotopic (exact) mass is 246 g/mol. The minimum atomic E-state index is -0.170. The van der Waals surface area contributed by atoms with Crippen LogP contribution in [0.4, 0.5) is 11.4 Å². The van der Waals surface area contributed by atoms with E-state index in [1.54, 1.807) is 37.3 Å². The summed E-state index contributed by atoms with van der Waals surface area (Å²) in [6.45, 7) is 5.45. The topological polar surface area (TPSA) is 58.2 Å². The third-order valence-electron chi connectivity index (χ3n) is 2.26. The van der Waals surface area contributed by atoms with Gasteiger partial charge >= 0.3 is 0 Å². The maximum Gasteiger partial charge on any atom is 0.248 e.